The van der Waals surface area contributed by atoms with Crippen LogP contribution in [0.15, 0.2) is 72.0 Å². The lowest BCUT2D eigenvalue weighted by Gasteiger charge is -2.26. The molecule has 6 heteroatoms. The maximum Gasteiger partial charge on any atom is 0.290 e. The molecule has 1 atom stereocenters. The zero-order valence-electron chi connectivity index (χ0n) is 17.5. The van der Waals surface area contributed by atoms with Gasteiger partial charge < -0.3 is 19.8 Å². The molecular weight excluding hydrogens is 394 g/mol. The minimum absolute atomic E-state index is 0.0589. The summed E-state index contributed by atoms with van der Waals surface area (Å²) >= 11 is 0. The molecule has 0 radical (unpaired) electrons. The highest BCUT2D eigenvalue weighted by molar-refractivity contribution is 6.14. The molecule has 3 rings (SSSR count). The van der Waals surface area contributed by atoms with Crippen molar-refractivity contribution >= 4 is 17.8 Å². The summed E-state index contributed by atoms with van der Waals surface area (Å²) in [6.07, 6.45) is 3.92. The van der Waals surface area contributed by atoms with Crippen LogP contribution in [0, 0.1) is 0 Å². The average molecular weight is 421 g/mol. The van der Waals surface area contributed by atoms with E-state index in [9.17, 15) is 14.7 Å². The number of carbonyl (C=O) groups excluding carboxylic acids is 2. The second-order valence-corrected chi connectivity index (χ2v) is 7.20. The van der Waals surface area contributed by atoms with Gasteiger partial charge in [0.15, 0.2) is 11.5 Å². The predicted octanol–water partition coefficient (Wildman–Crippen LogP) is 3.24. The molecule has 0 bridgehead atoms. The molecule has 0 saturated heterocycles. The van der Waals surface area contributed by atoms with Crippen LogP contribution >= 0.6 is 0 Å². The molecule has 31 heavy (non-hydrogen) atoms. The molecule has 0 aromatic heterocycles. The Morgan fingerprint density at radius 2 is 1.81 bits per heavy atom. The van der Waals surface area contributed by atoms with E-state index < -0.39 is 23.5 Å². The first kappa shape index (κ1) is 22.5. The van der Waals surface area contributed by atoms with Crippen molar-refractivity contribution in [2.45, 2.75) is 19.4 Å². The summed E-state index contributed by atoms with van der Waals surface area (Å²) in [5.41, 5.74) is 2.78. The summed E-state index contributed by atoms with van der Waals surface area (Å²) in [4.78, 5) is 27.3. The van der Waals surface area contributed by atoms with Gasteiger partial charge in [-0.2, -0.15) is 0 Å². The van der Waals surface area contributed by atoms with Crippen LogP contribution in [0.5, 0.6) is 0 Å². The highest BCUT2D eigenvalue weighted by Crippen LogP contribution is 2.38. The van der Waals surface area contributed by atoms with E-state index in [-0.39, 0.29) is 31.9 Å². The van der Waals surface area contributed by atoms with Crippen LogP contribution in [0.3, 0.4) is 0 Å². The van der Waals surface area contributed by atoms with E-state index in [4.69, 9.17) is 9.84 Å². The van der Waals surface area contributed by atoms with Crippen LogP contribution in [0.1, 0.15) is 29.7 Å². The molecule has 2 aromatic rings. The summed E-state index contributed by atoms with van der Waals surface area (Å²) < 4.78 is 5.31. The fourth-order valence-electron chi connectivity index (χ4n) is 3.57. The Balaban J connectivity index is 1.92. The van der Waals surface area contributed by atoms with E-state index in [1.54, 1.807) is 6.08 Å². The Kier molecular flexibility index (Phi) is 7.76. The van der Waals surface area contributed by atoms with Gasteiger partial charge in [-0.3, -0.25) is 9.59 Å². The maximum absolute atomic E-state index is 13.1. The average Bonchev–Trinajstić information content (AvgIpc) is 3.06. The largest absolute Gasteiger partial charge is 0.503 e. The van der Waals surface area contributed by atoms with Crippen molar-refractivity contribution in [1.29, 1.82) is 0 Å². The summed E-state index contributed by atoms with van der Waals surface area (Å²) in [5.74, 6) is -1.55. The number of ketones is 1. The third-order valence-corrected chi connectivity index (χ3v) is 5.21. The van der Waals surface area contributed by atoms with Crippen LogP contribution < -0.4 is 0 Å². The molecule has 2 N–H and O–H groups in total. The molecule has 2 aromatic carbocycles. The standard InChI is InChI=1S/C25H27NO5/c1-2-18-8-11-20(12-9-18)23-22(21(28)13-10-19-6-4-3-5-7-19)24(29)25(30)26(23)14-16-31-17-15-27/h3-13,23,27,29H,2,14-17H2,1H3. The number of amides is 1. The Bertz CT molecular complexity index is 963. The second kappa shape index (κ2) is 10.7. The van der Waals surface area contributed by atoms with Gasteiger partial charge in [-0.25, -0.2) is 0 Å². The third kappa shape index (κ3) is 5.29. The number of aliphatic hydroxyl groups excluding tert-OH is 2. The molecule has 1 aliphatic heterocycles. The number of hydrogen-bond donors (Lipinski definition) is 2. The quantitative estimate of drug-likeness (QED) is 0.454. The number of hydrogen-bond acceptors (Lipinski definition) is 5. The summed E-state index contributed by atoms with van der Waals surface area (Å²) in [5, 5.41) is 19.5. The van der Waals surface area contributed by atoms with Crippen molar-refractivity contribution in [1.82, 2.24) is 4.90 Å². The molecule has 1 heterocycles. The number of nitrogens with zero attached hydrogens (tertiary/aromatic N) is 1. The number of ether oxygens (including phenoxy) is 1. The third-order valence-electron chi connectivity index (χ3n) is 5.21. The highest BCUT2D eigenvalue weighted by atomic mass is 16.5. The number of benzene rings is 2. The molecule has 0 spiro atoms. The molecule has 162 valence electrons. The Morgan fingerprint density at radius 3 is 2.45 bits per heavy atom. The normalized spacial score (nSPS) is 16.5. The van der Waals surface area contributed by atoms with E-state index in [2.05, 4.69) is 0 Å². The molecule has 0 aliphatic carbocycles. The van der Waals surface area contributed by atoms with E-state index in [1.807, 2.05) is 61.5 Å². The van der Waals surface area contributed by atoms with E-state index in [0.29, 0.717) is 0 Å². The first-order chi connectivity index (χ1) is 15.1. The number of allylic oxidation sites excluding steroid dienone is 1. The van der Waals surface area contributed by atoms with Gasteiger partial charge >= 0.3 is 0 Å². The topological polar surface area (TPSA) is 87.1 Å². The zero-order chi connectivity index (χ0) is 22.2. The van der Waals surface area contributed by atoms with Crippen molar-refractivity contribution in [2.24, 2.45) is 0 Å². The lowest BCUT2D eigenvalue weighted by molar-refractivity contribution is -0.130. The molecule has 6 nitrogen and oxygen atoms in total. The van der Waals surface area contributed by atoms with Gasteiger partial charge in [0, 0.05) is 6.54 Å². The summed E-state index contributed by atoms with van der Waals surface area (Å²) in [7, 11) is 0. The first-order valence-corrected chi connectivity index (χ1v) is 10.4. The molecule has 1 unspecified atom stereocenters. The van der Waals surface area contributed by atoms with Gasteiger partial charge in [0.25, 0.3) is 5.91 Å². The van der Waals surface area contributed by atoms with Gasteiger partial charge in [0.05, 0.1) is 31.4 Å². The second-order valence-electron chi connectivity index (χ2n) is 7.20. The van der Waals surface area contributed by atoms with Crippen LogP contribution in [0.2, 0.25) is 0 Å². The number of carbonyl (C=O) groups is 2. The monoisotopic (exact) mass is 421 g/mol. The van der Waals surface area contributed by atoms with E-state index >= 15 is 0 Å². The number of aryl methyl sites for hydroxylation is 1. The van der Waals surface area contributed by atoms with Gasteiger partial charge in [0.2, 0.25) is 0 Å². The fourth-order valence-corrected chi connectivity index (χ4v) is 3.57. The molecule has 1 aliphatic rings. The first-order valence-electron chi connectivity index (χ1n) is 10.4. The predicted molar refractivity (Wildman–Crippen MR) is 118 cm³/mol. The summed E-state index contributed by atoms with van der Waals surface area (Å²) in [6, 6.07) is 16.3. The fraction of sp³-hybridized carbons (Fsp3) is 0.280. The van der Waals surface area contributed by atoms with Crippen LogP contribution in [0.25, 0.3) is 6.08 Å². The van der Waals surface area contributed by atoms with Gasteiger partial charge in [-0.1, -0.05) is 67.6 Å². The molecule has 1 amide bonds. The minimum atomic E-state index is -0.705. The highest BCUT2D eigenvalue weighted by Gasteiger charge is 2.42. The van der Waals surface area contributed by atoms with Crippen LogP contribution in [-0.4, -0.2) is 53.2 Å². The molecular formula is C25H27NO5. The zero-order valence-corrected chi connectivity index (χ0v) is 17.5. The van der Waals surface area contributed by atoms with Gasteiger partial charge in [0.1, 0.15) is 0 Å². The van der Waals surface area contributed by atoms with Crippen molar-refractivity contribution in [3.8, 4) is 0 Å². The number of aliphatic hydroxyl groups is 2. The van der Waals surface area contributed by atoms with E-state index in [1.165, 1.54) is 11.0 Å². The summed E-state index contributed by atoms with van der Waals surface area (Å²) in [6.45, 7) is 2.46. The van der Waals surface area contributed by atoms with Crippen molar-refractivity contribution in [2.75, 3.05) is 26.4 Å². The lowest BCUT2D eigenvalue weighted by Crippen LogP contribution is -2.34. The van der Waals surface area contributed by atoms with Crippen molar-refractivity contribution in [3.63, 3.8) is 0 Å². The van der Waals surface area contributed by atoms with Crippen molar-refractivity contribution in [3.05, 3.63) is 88.7 Å². The smallest absolute Gasteiger partial charge is 0.290 e. The molecule has 0 saturated carbocycles. The van der Waals surface area contributed by atoms with Gasteiger partial charge in [-0.05, 0) is 29.2 Å². The van der Waals surface area contributed by atoms with Crippen LogP contribution in [-0.2, 0) is 20.7 Å². The van der Waals surface area contributed by atoms with Gasteiger partial charge in [-0.15, -0.1) is 0 Å². The molecule has 0 fully saturated rings. The number of rotatable bonds is 10. The van der Waals surface area contributed by atoms with Crippen molar-refractivity contribution < 1.29 is 24.5 Å². The Labute approximate surface area is 182 Å². The minimum Gasteiger partial charge on any atom is -0.503 e. The Hall–Kier alpha value is -3.22. The Morgan fingerprint density at radius 1 is 1.10 bits per heavy atom. The van der Waals surface area contributed by atoms with E-state index in [0.717, 1.165) is 23.1 Å². The van der Waals surface area contributed by atoms with Crippen LogP contribution in [0.4, 0.5) is 0 Å². The maximum atomic E-state index is 13.1. The lowest BCUT2D eigenvalue weighted by atomic mass is 9.94. The SMILES string of the molecule is CCc1ccc(C2C(C(=O)C=Cc3ccccc3)=C(O)C(=O)N2CCOCCO)cc1.